The normalized spacial score (nSPS) is 10.7. The highest BCUT2D eigenvalue weighted by atomic mass is 35.5. The van der Waals surface area contributed by atoms with Gasteiger partial charge in [0.2, 0.25) is 0 Å². The number of Topliss-reactive ketones (excluding diaryl/α,β-unsaturated/α-hetero) is 1. The van der Waals surface area contributed by atoms with Crippen molar-refractivity contribution in [3.8, 4) is 0 Å². The van der Waals surface area contributed by atoms with Crippen molar-refractivity contribution in [2.45, 2.75) is 71.6 Å². The van der Waals surface area contributed by atoms with Gasteiger partial charge in [0.1, 0.15) is 0 Å². The molecule has 3 aromatic rings. The first-order chi connectivity index (χ1) is 16.4. The molecule has 0 bridgehead atoms. The van der Waals surface area contributed by atoms with E-state index in [9.17, 15) is 9.59 Å². The highest BCUT2D eigenvalue weighted by Gasteiger charge is 2.21. The van der Waals surface area contributed by atoms with Crippen molar-refractivity contribution < 1.29 is 14.7 Å². The minimum atomic E-state index is -0.879. The van der Waals surface area contributed by atoms with Gasteiger partial charge in [-0.25, -0.2) is 0 Å². The van der Waals surface area contributed by atoms with E-state index in [1.165, 1.54) is 5.56 Å². The van der Waals surface area contributed by atoms with Crippen molar-refractivity contribution in [2.75, 3.05) is 0 Å². The van der Waals surface area contributed by atoms with Gasteiger partial charge in [0.05, 0.1) is 0 Å². The number of aryl methyl sites for hydroxylation is 2. The molecular weight excluding hydrogens is 469 g/mol. The number of unbranched alkanes of at least 4 members (excludes halogenated alkanes) is 3. The Morgan fingerprint density at radius 3 is 2.24 bits per heavy atom. The van der Waals surface area contributed by atoms with Crippen LogP contribution in [0.1, 0.15) is 80.4 Å². The predicted octanol–water partition coefficient (Wildman–Crippen LogP) is 8.29. The third-order valence-electron chi connectivity index (χ3n) is 5.92. The van der Waals surface area contributed by atoms with E-state index in [1.807, 2.05) is 57.3 Å². The van der Waals surface area contributed by atoms with Crippen LogP contribution in [0.2, 0.25) is 10.0 Å². The second-order valence-corrected chi connectivity index (χ2v) is 9.06. The lowest BCUT2D eigenvalue weighted by atomic mass is 9.98. The van der Waals surface area contributed by atoms with Crippen LogP contribution in [0.25, 0.3) is 10.9 Å². The van der Waals surface area contributed by atoms with Gasteiger partial charge in [0.15, 0.2) is 5.78 Å². The summed E-state index contributed by atoms with van der Waals surface area (Å²) in [7, 11) is 1.98. The van der Waals surface area contributed by atoms with Crippen LogP contribution in [0.5, 0.6) is 0 Å². The highest BCUT2D eigenvalue weighted by molar-refractivity contribution is 6.31. The number of aromatic nitrogens is 1. The van der Waals surface area contributed by atoms with E-state index in [1.54, 1.807) is 0 Å². The lowest BCUT2D eigenvalue weighted by Crippen LogP contribution is -2.07. The molecule has 3 rings (SSSR count). The number of hydrogen-bond acceptors (Lipinski definition) is 2. The molecule has 0 unspecified atom stereocenters. The third-order valence-corrected chi connectivity index (χ3v) is 6.53. The minimum Gasteiger partial charge on any atom is -0.481 e. The van der Waals surface area contributed by atoms with Gasteiger partial charge in [-0.15, -0.1) is 0 Å². The standard InChI is InChI=1S/C26H29Cl2NO3.C2H6/c1-29-22-16-15-19(27)17-20(22)26(24(30)13-8-14-25(31)32)23(29)12-5-3-2-4-9-18-10-6-7-11-21(18)28;1-2/h6-7,10-11,15-17H,2-5,8-9,12-14H2,1H3,(H,31,32);1-2H3. The molecule has 0 saturated carbocycles. The van der Waals surface area contributed by atoms with Gasteiger partial charge < -0.3 is 9.67 Å². The predicted molar refractivity (Wildman–Crippen MR) is 142 cm³/mol. The van der Waals surface area contributed by atoms with Gasteiger partial charge in [-0.3, -0.25) is 9.59 Å². The Morgan fingerprint density at radius 2 is 1.56 bits per heavy atom. The Kier molecular flexibility index (Phi) is 11.7. The van der Waals surface area contributed by atoms with E-state index in [0.29, 0.717) is 17.0 Å². The molecular formula is C28H35Cl2NO3. The van der Waals surface area contributed by atoms with E-state index >= 15 is 0 Å². The number of hydrogen-bond donors (Lipinski definition) is 1. The van der Waals surface area contributed by atoms with Crippen LogP contribution in [0, 0.1) is 0 Å². The molecule has 184 valence electrons. The molecule has 2 aromatic carbocycles. The average Bonchev–Trinajstić information content (AvgIpc) is 3.09. The Balaban J connectivity index is 0.00000199. The Labute approximate surface area is 212 Å². The number of rotatable bonds is 12. The van der Waals surface area contributed by atoms with Crippen LogP contribution in [0.3, 0.4) is 0 Å². The summed E-state index contributed by atoms with van der Waals surface area (Å²) in [6.45, 7) is 4.00. The molecule has 0 radical (unpaired) electrons. The average molecular weight is 504 g/mol. The highest BCUT2D eigenvalue weighted by Crippen LogP contribution is 2.31. The van der Waals surface area contributed by atoms with E-state index in [2.05, 4.69) is 10.6 Å². The topological polar surface area (TPSA) is 59.3 Å². The van der Waals surface area contributed by atoms with Crippen LogP contribution in [-0.4, -0.2) is 21.4 Å². The first-order valence-corrected chi connectivity index (χ1v) is 12.9. The number of benzene rings is 2. The summed E-state index contributed by atoms with van der Waals surface area (Å²) in [5, 5.41) is 11.2. The molecule has 1 heterocycles. The van der Waals surface area contributed by atoms with Crippen molar-refractivity contribution in [1.29, 1.82) is 0 Å². The lowest BCUT2D eigenvalue weighted by Gasteiger charge is -2.08. The molecule has 0 fully saturated rings. The molecule has 1 aromatic heterocycles. The monoisotopic (exact) mass is 503 g/mol. The molecule has 0 atom stereocenters. The fourth-order valence-corrected chi connectivity index (χ4v) is 4.66. The summed E-state index contributed by atoms with van der Waals surface area (Å²) in [5.74, 6) is -0.886. The molecule has 0 aliphatic carbocycles. The second kappa shape index (κ2) is 14.2. The number of carboxylic acids is 1. The maximum atomic E-state index is 13.0. The number of carboxylic acid groups (broad SMARTS) is 1. The Hall–Kier alpha value is -2.30. The van der Waals surface area contributed by atoms with E-state index in [-0.39, 0.29) is 18.6 Å². The van der Waals surface area contributed by atoms with Crippen molar-refractivity contribution in [3.05, 3.63) is 69.3 Å². The quantitative estimate of drug-likeness (QED) is 0.199. The summed E-state index contributed by atoms with van der Waals surface area (Å²) < 4.78 is 2.08. The van der Waals surface area contributed by atoms with Crippen molar-refractivity contribution >= 4 is 45.9 Å². The number of carbonyl (C=O) groups excluding carboxylic acids is 1. The van der Waals surface area contributed by atoms with E-state index < -0.39 is 5.97 Å². The number of nitrogens with zero attached hydrogens (tertiary/aromatic N) is 1. The first-order valence-electron chi connectivity index (χ1n) is 12.1. The largest absolute Gasteiger partial charge is 0.481 e. The second-order valence-electron chi connectivity index (χ2n) is 8.22. The lowest BCUT2D eigenvalue weighted by molar-refractivity contribution is -0.137. The number of aliphatic carboxylic acids is 1. The number of carbonyl (C=O) groups is 2. The number of fused-ring (bicyclic) bond motifs is 1. The van der Waals surface area contributed by atoms with Crippen LogP contribution >= 0.6 is 23.2 Å². The molecule has 0 aliphatic heterocycles. The van der Waals surface area contributed by atoms with Crippen LogP contribution < -0.4 is 0 Å². The van der Waals surface area contributed by atoms with Gasteiger partial charge in [-0.05, 0) is 61.9 Å². The SMILES string of the molecule is CC.Cn1c(CCCCCCc2ccccc2Cl)c(C(=O)CCCC(=O)O)c2cc(Cl)ccc21. The summed E-state index contributed by atoms with van der Waals surface area (Å²) in [6, 6.07) is 13.6. The maximum absolute atomic E-state index is 13.0. The van der Waals surface area contributed by atoms with Gasteiger partial charge in [0, 0.05) is 52.1 Å². The van der Waals surface area contributed by atoms with Gasteiger partial charge in [-0.2, -0.15) is 0 Å². The first kappa shape index (κ1) is 27.9. The molecule has 34 heavy (non-hydrogen) atoms. The fraction of sp³-hybridized carbons (Fsp3) is 0.429. The third kappa shape index (κ3) is 7.61. The zero-order chi connectivity index (χ0) is 25.1. The molecule has 0 saturated heterocycles. The molecule has 0 spiro atoms. The molecule has 1 N–H and O–H groups in total. The number of ketones is 1. The van der Waals surface area contributed by atoms with Crippen LogP contribution in [0.4, 0.5) is 0 Å². The number of halogens is 2. The van der Waals surface area contributed by atoms with Crippen molar-refractivity contribution in [1.82, 2.24) is 4.57 Å². The molecule has 4 nitrogen and oxygen atoms in total. The Morgan fingerprint density at radius 1 is 0.882 bits per heavy atom. The van der Waals surface area contributed by atoms with Crippen LogP contribution in [-0.2, 0) is 24.7 Å². The van der Waals surface area contributed by atoms with Gasteiger partial charge in [-0.1, -0.05) is 68.1 Å². The fourth-order valence-electron chi connectivity index (χ4n) is 4.26. The maximum Gasteiger partial charge on any atom is 0.303 e. The van der Waals surface area contributed by atoms with Gasteiger partial charge in [0.25, 0.3) is 0 Å². The van der Waals surface area contributed by atoms with E-state index in [4.69, 9.17) is 28.3 Å². The summed E-state index contributed by atoms with van der Waals surface area (Å²) in [4.78, 5) is 23.9. The van der Waals surface area contributed by atoms with Crippen molar-refractivity contribution in [2.24, 2.45) is 7.05 Å². The zero-order valence-corrected chi connectivity index (χ0v) is 21.9. The van der Waals surface area contributed by atoms with Crippen LogP contribution in [0.15, 0.2) is 42.5 Å². The van der Waals surface area contributed by atoms with Gasteiger partial charge >= 0.3 is 5.97 Å². The minimum absolute atomic E-state index is 0.00196. The van der Waals surface area contributed by atoms with Crippen molar-refractivity contribution in [3.63, 3.8) is 0 Å². The molecule has 0 amide bonds. The zero-order valence-electron chi connectivity index (χ0n) is 20.4. The summed E-state index contributed by atoms with van der Waals surface area (Å²) >= 11 is 12.5. The molecule has 6 heteroatoms. The summed E-state index contributed by atoms with van der Waals surface area (Å²) in [6.07, 6.45) is 6.56. The molecule has 0 aliphatic rings. The Bertz CT molecular complexity index is 1100. The van der Waals surface area contributed by atoms with E-state index in [0.717, 1.165) is 60.1 Å². The summed E-state index contributed by atoms with van der Waals surface area (Å²) in [5.41, 5.74) is 3.87. The smallest absolute Gasteiger partial charge is 0.303 e.